The minimum atomic E-state index is -0.645. The summed E-state index contributed by atoms with van der Waals surface area (Å²) >= 11 is 3.37. The van der Waals surface area contributed by atoms with Gasteiger partial charge in [0.2, 0.25) is 0 Å². The Hall–Kier alpha value is -0.580. The zero-order valence-corrected chi connectivity index (χ0v) is 9.25. The monoisotopic (exact) mass is 257 g/mol. The first-order valence-electron chi connectivity index (χ1n) is 4.48. The first-order valence-corrected chi connectivity index (χ1v) is 5.27. The summed E-state index contributed by atoms with van der Waals surface area (Å²) in [6, 6.07) is 5.69. The van der Waals surface area contributed by atoms with Crippen LogP contribution in [0.4, 0.5) is 0 Å². The van der Waals surface area contributed by atoms with E-state index in [-0.39, 0.29) is 6.61 Å². The maximum absolute atomic E-state index is 9.27. The zero-order valence-electron chi connectivity index (χ0n) is 7.66. The number of hydrogen-bond donors (Lipinski definition) is 2. The molecule has 1 aromatic rings. The molecule has 3 N–H and O–H groups in total. The summed E-state index contributed by atoms with van der Waals surface area (Å²) in [4.78, 5) is 0. The van der Waals surface area contributed by atoms with Gasteiger partial charge in [0.1, 0.15) is 5.75 Å². The van der Waals surface area contributed by atoms with Crippen LogP contribution in [0.15, 0.2) is 22.7 Å². The molecule has 1 aliphatic heterocycles. The molecule has 1 aromatic carbocycles. The van der Waals surface area contributed by atoms with Crippen LogP contribution in [0.1, 0.15) is 12.0 Å². The number of halogens is 1. The fraction of sp³-hybridized carbons (Fsp3) is 0.400. The topological polar surface area (TPSA) is 55.5 Å². The van der Waals surface area contributed by atoms with Crippen LogP contribution in [-0.4, -0.2) is 18.3 Å². The van der Waals surface area contributed by atoms with E-state index in [0.29, 0.717) is 13.0 Å². The van der Waals surface area contributed by atoms with Gasteiger partial charge < -0.3 is 15.6 Å². The first-order chi connectivity index (χ1) is 6.65. The van der Waals surface area contributed by atoms with Crippen molar-refractivity contribution in [3.05, 3.63) is 28.2 Å². The lowest BCUT2D eigenvalue weighted by molar-refractivity contribution is 0.138. The molecule has 0 aromatic heterocycles. The van der Waals surface area contributed by atoms with Gasteiger partial charge in [0.05, 0.1) is 18.8 Å². The number of fused-ring (bicyclic) bond motifs is 1. The molecule has 1 heterocycles. The lowest BCUT2D eigenvalue weighted by Gasteiger charge is -2.33. The predicted octanol–water partition coefficient (Wildman–Crippen LogP) is 1.38. The molecule has 0 saturated carbocycles. The standard InChI is InChI=1S/C10H12BrNO2/c11-7-1-2-8-9(5-7)14-4-3-10(8,12)6-13/h1-2,5,13H,3-4,6,12H2. The van der Waals surface area contributed by atoms with Crippen LogP contribution in [0, 0.1) is 0 Å². The minimum absolute atomic E-state index is 0.0506. The Balaban J connectivity index is 2.50. The van der Waals surface area contributed by atoms with Crippen molar-refractivity contribution in [2.24, 2.45) is 5.73 Å². The summed E-state index contributed by atoms with van der Waals surface area (Å²) in [5, 5.41) is 9.27. The van der Waals surface area contributed by atoms with Gasteiger partial charge in [-0.15, -0.1) is 0 Å². The van der Waals surface area contributed by atoms with Crippen molar-refractivity contribution >= 4 is 15.9 Å². The molecule has 2 rings (SSSR count). The van der Waals surface area contributed by atoms with E-state index in [0.717, 1.165) is 15.8 Å². The third-order valence-corrected chi connectivity index (χ3v) is 3.06. The van der Waals surface area contributed by atoms with Gasteiger partial charge in [-0.2, -0.15) is 0 Å². The van der Waals surface area contributed by atoms with Crippen molar-refractivity contribution in [2.45, 2.75) is 12.0 Å². The van der Waals surface area contributed by atoms with Crippen LogP contribution in [0.2, 0.25) is 0 Å². The van der Waals surface area contributed by atoms with Crippen molar-refractivity contribution in [1.82, 2.24) is 0 Å². The van der Waals surface area contributed by atoms with Crippen LogP contribution >= 0.6 is 15.9 Å². The Kier molecular flexibility index (Phi) is 2.51. The van der Waals surface area contributed by atoms with E-state index in [1.165, 1.54) is 0 Å². The normalized spacial score (nSPS) is 25.4. The molecule has 0 amide bonds. The van der Waals surface area contributed by atoms with Crippen LogP contribution in [0.3, 0.4) is 0 Å². The van der Waals surface area contributed by atoms with Crippen molar-refractivity contribution in [3.63, 3.8) is 0 Å². The molecule has 3 nitrogen and oxygen atoms in total. The fourth-order valence-corrected chi connectivity index (χ4v) is 2.01. The minimum Gasteiger partial charge on any atom is -0.493 e. The van der Waals surface area contributed by atoms with Crippen LogP contribution in [0.5, 0.6) is 5.75 Å². The smallest absolute Gasteiger partial charge is 0.125 e. The second-order valence-electron chi connectivity index (χ2n) is 3.55. The van der Waals surface area contributed by atoms with Crippen LogP contribution < -0.4 is 10.5 Å². The average molecular weight is 258 g/mol. The van der Waals surface area contributed by atoms with Crippen molar-refractivity contribution in [1.29, 1.82) is 0 Å². The van der Waals surface area contributed by atoms with Crippen molar-refractivity contribution < 1.29 is 9.84 Å². The lowest BCUT2D eigenvalue weighted by atomic mass is 9.86. The number of rotatable bonds is 1. The third kappa shape index (κ3) is 1.54. The molecule has 0 fully saturated rings. The van der Waals surface area contributed by atoms with Gasteiger partial charge in [0, 0.05) is 16.5 Å². The lowest BCUT2D eigenvalue weighted by Crippen LogP contribution is -2.44. The SMILES string of the molecule is NC1(CO)CCOc2cc(Br)ccc21. The number of ether oxygens (including phenoxy) is 1. The Morgan fingerprint density at radius 1 is 1.57 bits per heavy atom. The highest BCUT2D eigenvalue weighted by Crippen LogP contribution is 2.36. The predicted molar refractivity (Wildman–Crippen MR) is 57.2 cm³/mol. The largest absolute Gasteiger partial charge is 0.493 e. The maximum atomic E-state index is 9.27. The fourth-order valence-electron chi connectivity index (χ4n) is 1.67. The summed E-state index contributed by atoms with van der Waals surface area (Å²) in [7, 11) is 0. The van der Waals surface area contributed by atoms with Gasteiger partial charge in [0.25, 0.3) is 0 Å². The molecular formula is C10H12BrNO2. The van der Waals surface area contributed by atoms with E-state index in [2.05, 4.69) is 15.9 Å². The third-order valence-electron chi connectivity index (χ3n) is 2.57. The zero-order chi connectivity index (χ0) is 10.2. The number of aliphatic hydroxyl groups is 1. The van der Waals surface area contributed by atoms with Gasteiger partial charge in [-0.1, -0.05) is 22.0 Å². The van der Waals surface area contributed by atoms with Gasteiger partial charge >= 0.3 is 0 Å². The first kappa shape index (κ1) is 9.96. The molecule has 1 atom stereocenters. The van der Waals surface area contributed by atoms with E-state index in [1.54, 1.807) is 0 Å². The second kappa shape index (κ2) is 3.53. The highest BCUT2D eigenvalue weighted by atomic mass is 79.9. The van der Waals surface area contributed by atoms with Gasteiger partial charge in [-0.3, -0.25) is 0 Å². The molecule has 4 heteroatoms. The molecule has 0 bridgehead atoms. The van der Waals surface area contributed by atoms with E-state index >= 15 is 0 Å². The number of benzene rings is 1. The summed E-state index contributed by atoms with van der Waals surface area (Å²) in [6.07, 6.45) is 0.651. The second-order valence-corrected chi connectivity index (χ2v) is 4.47. The highest BCUT2D eigenvalue weighted by molar-refractivity contribution is 9.10. The van der Waals surface area contributed by atoms with Crippen LogP contribution in [-0.2, 0) is 5.54 Å². The van der Waals surface area contributed by atoms with Gasteiger partial charge in [0.15, 0.2) is 0 Å². The molecule has 1 aliphatic rings. The summed E-state index contributed by atoms with van der Waals surface area (Å²) in [6.45, 7) is 0.505. The Labute approximate surface area is 91.0 Å². The van der Waals surface area contributed by atoms with E-state index in [9.17, 15) is 5.11 Å². The molecule has 76 valence electrons. The molecular weight excluding hydrogens is 246 g/mol. The van der Waals surface area contributed by atoms with E-state index < -0.39 is 5.54 Å². The molecule has 0 spiro atoms. The van der Waals surface area contributed by atoms with Crippen molar-refractivity contribution in [2.75, 3.05) is 13.2 Å². The molecule has 14 heavy (non-hydrogen) atoms. The van der Waals surface area contributed by atoms with E-state index in [1.807, 2.05) is 18.2 Å². The average Bonchev–Trinajstić information content (AvgIpc) is 2.18. The molecule has 1 unspecified atom stereocenters. The Morgan fingerprint density at radius 2 is 2.36 bits per heavy atom. The van der Waals surface area contributed by atoms with E-state index in [4.69, 9.17) is 10.5 Å². The summed E-state index contributed by atoms with van der Waals surface area (Å²) in [5.74, 6) is 0.766. The highest BCUT2D eigenvalue weighted by Gasteiger charge is 2.33. The molecule has 0 aliphatic carbocycles. The Bertz CT molecular complexity index is 356. The molecule has 0 radical (unpaired) electrons. The number of hydrogen-bond acceptors (Lipinski definition) is 3. The van der Waals surface area contributed by atoms with Crippen LogP contribution in [0.25, 0.3) is 0 Å². The van der Waals surface area contributed by atoms with Gasteiger partial charge in [-0.05, 0) is 12.1 Å². The molecule has 0 saturated heterocycles. The summed E-state index contributed by atoms with van der Waals surface area (Å²) in [5.41, 5.74) is 6.31. The van der Waals surface area contributed by atoms with Crippen molar-refractivity contribution in [3.8, 4) is 5.75 Å². The maximum Gasteiger partial charge on any atom is 0.125 e. The quantitative estimate of drug-likeness (QED) is 0.800. The number of aliphatic hydroxyl groups excluding tert-OH is 1. The van der Waals surface area contributed by atoms with Gasteiger partial charge in [-0.25, -0.2) is 0 Å². The number of nitrogens with two attached hydrogens (primary N) is 1. The summed E-state index contributed by atoms with van der Waals surface area (Å²) < 4.78 is 6.44. The Morgan fingerprint density at radius 3 is 3.07 bits per heavy atom.